The second-order valence-corrected chi connectivity index (χ2v) is 3.17. The van der Waals surface area contributed by atoms with Crippen LogP contribution in [-0.2, 0) is 0 Å². The van der Waals surface area contributed by atoms with Crippen LogP contribution in [0.4, 0.5) is 0 Å². The first-order valence-electron chi connectivity index (χ1n) is 3.97. The minimum atomic E-state index is 0.417. The van der Waals surface area contributed by atoms with Crippen molar-refractivity contribution in [1.29, 1.82) is 0 Å². The van der Waals surface area contributed by atoms with Crippen LogP contribution in [0.25, 0.3) is 0 Å². The van der Waals surface area contributed by atoms with E-state index in [1.165, 1.54) is 25.7 Å². The van der Waals surface area contributed by atoms with Crippen LogP contribution in [0.15, 0.2) is 0 Å². The summed E-state index contributed by atoms with van der Waals surface area (Å²) in [7, 11) is 0. The quantitative estimate of drug-likeness (QED) is 0.614. The highest BCUT2D eigenvalue weighted by atomic mass is 16.3. The first-order chi connectivity index (χ1) is 4.36. The van der Waals surface area contributed by atoms with Crippen LogP contribution in [-0.4, -0.2) is 11.7 Å². The van der Waals surface area contributed by atoms with Crippen molar-refractivity contribution in [3.8, 4) is 0 Å². The molecule has 0 aromatic heterocycles. The third kappa shape index (κ3) is 1.68. The van der Waals surface area contributed by atoms with Crippen molar-refractivity contribution in [3.63, 3.8) is 0 Å². The average molecular weight is 128 g/mol. The minimum Gasteiger partial charge on any atom is -0.396 e. The van der Waals surface area contributed by atoms with E-state index >= 15 is 0 Å². The maximum atomic E-state index is 8.67. The van der Waals surface area contributed by atoms with Crippen LogP contribution in [0.1, 0.15) is 32.6 Å². The topological polar surface area (TPSA) is 20.2 Å². The Labute approximate surface area is 57.1 Å². The molecule has 1 aliphatic rings. The normalized spacial score (nSPS) is 34.0. The standard InChI is InChI=1S/C8H16O/c1-2-3-7-4-8(5-7)6-9/h7-9H,2-6H2,1H3. The lowest BCUT2D eigenvalue weighted by atomic mass is 9.73. The Bertz CT molecular complexity index is 74.6. The molecule has 1 rings (SSSR count). The van der Waals surface area contributed by atoms with Crippen molar-refractivity contribution >= 4 is 0 Å². The number of hydrogen-bond acceptors (Lipinski definition) is 1. The van der Waals surface area contributed by atoms with Crippen molar-refractivity contribution in [2.45, 2.75) is 32.6 Å². The molecule has 0 spiro atoms. The van der Waals surface area contributed by atoms with Crippen LogP contribution in [0, 0.1) is 11.8 Å². The van der Waals surface area contributed by atoms with Crippen molar-refractivity contribution in [2.24, 2.45) is 11.8 Å². The fraction of sp³-hybridized carbons (Fsp3) is 1.00. The number of rotatable bonds is 3. The van der Waals surface area contributed by atoms with E-state index < -0.39 is 0 Å². The Morgan fingerprint density at radius 3 is 2.44 bits per heavy atom. The molecule has 0 bridgehead atoms. The van der Waals surface area contributed by atoms with E-state index in [9.17, 15) is 0 Å². The molecule has 0 aliphatic heterocycles. The SMILES string of the molecule is CCCC1CC(CO)C1. The monoisotopic (exact) mass is 128 g/mol. The second kappa shape index (κ2) is 3.21. The molecule has 1 heteroatoms. The van der Waals surface area contributed by atoms with Crippen molar-refractivity contribution in [3.05, 3.63) is 0 Å². The van der Waals surface area contributed by atoms with Gasteiger partial charge in [-0.05, 0) is 24.7 Å². The van der Waals surface area contributed by atoms with Crippen molar-refractivity contribution in [1.82, 2.24) is 0 Å². The van der Waals surface area contributed by atoms with E-state index in [0.29, 0.717) is 12.5 Å². The smallest absolute Gasteiger partial charge is 0.0459 e. The Morgan fingerprint density at radius 1 is 1.33 bits per heavy atom. The summed E-state index contributed by atoms with van der Waals surface area (Å²) in [6.45, 7) is 2.65. The number of aliphatic hydroxyl groups excluding tert-OH is 1. The van der Waals surface area contributed by atoms with Gasteiger partial charge in [0.25, 0.3) is 0 Å². The molecule has 0 unspecified atom stereocenters. The summed E-state index contributed by atoms with van der Waals surface area (Å²) >= 11 is 0. The third-order valence-electron chi connectivity index (χ3n) is 2.29. The molecule has 1 fully saturated rings. The van der Waals surface area contributed by atoms with Gasteiger partial charge in [0, 0.05) is 6.61 Å². The Balaban J connectivity index is 1.98. The molecule has 0 aromatic carbocycles. The molecule has 1 saturated carbocycles. The lowest BCUT2D eigenvalue weighted by molar-refractivity contribution is 0.102. The van der Waals surface area contributed by atoms with Gasteiger partial charge < -0.3 is 5.11 Å². The van der Waals surface area contributed by atoms with Crippen LogP contribution >= 0.6 is 0 Å². The van der Waals surface area contributed by atoms with Crippen LogP contribution in [0.5, 0.6) is 0 Å². The predicted octanol–water partition coefficient (Wildman–Crippen LogP) is 1.80. The van der Waals surface area contributed by atoms with Crippen molar-refractivity contribution in [2.75, 3.05) is 6.61 Å². The van der Waals surface area contributed by atoms with E-state index in [2.05, 4.69) is 6.92 Å². The van der Waals surface area contributed by atoms with E-state index in [4.69, 9.17) is 5.11 Å². The summed E-state index contributed by atoms with van der Waals surface area (Å²) in [4.78, 5) is 0. The summed E-state index contributed by atoms with van der Waals surface area (Å²) < 4.78 is 0. The summed E-state index contributed by atoms with van der Waals surface area (Å²) in [5.74, 6) is 1.61. The van der Waals surface area contributed by atoms with Gasteiger partial charge in [-0.25, -0.2) is 0 Å². The second-order valence-electron chi connectivity index (χ2n) is 3.17. The first-order valence-corrected chi connectivity index (χ1v) is 3.97. The summed E-state index contributed by atoms with van der Waals surface area (Å²) in [5.41, 5.74) is 0. The lowest BCUT2D eigenvalue weighted by Gasteiger charge is -2.33. The predicted molar refractivity (Wildman–Crippen MR) is 38.2 cm³/mol. The van der Waals surface area contributed by atoms with Crippen LogP contribution < -0.4 is 0 Å². The van der Waals surface area contributed by atoms with Gasteiger partial charge in [0.15, 0.2) is 0 Å². The number of hydrogen-bond donors (Lipinski definition) is 1. The van der Waals surface area contributed by atoms with Gasteiger partial charge in [-0.1, -0.05) is 19.8 Å². The van der Waals surface area contributed by atoms with E-state index in [1.807, 2.05) is 0 Å². The van der Waals surface area contributed by atoms with Crippen molar-refractivity contribution < 1.29 is 5.11 Å². The van der Waals surface area contributed by atoms with Crippen LogP contribution in [0.2, 0.25) is 0 Å². The molecule has 1 N–H and O–H groups in total. The fourth-order valence-electron chi connectivity index (χ4n) is 1.67. The molecule has 0 saturated heterocycles. The Kier molecular flexibility index (Phi) is 2.52. The average Bonchev–Trinajstić information content (AvgIpc) is 1.77. The van der Waals surface area contributed by atoms with E-state index in [0.717, 1.165) is 5.92 Å². The molecule has 1 aliphatic carbocycles. The fourth-order valence-corrected chi connectivity index (χ4v) is 1.67. The number of aliphatic hydroxyl groups is 1. The Morgan fingerprint density at radius 2 is 2.00 bits per heavy atom. The molecule has 0 heterocycles. The molecule has 0 amide bonds. The van der Waals surface area contributed by atoms with Gasteiger partial charge in [0.1, 0.15) is 0 Å². The zero-order valence-electron chi connectivity index (χ0n) is 6.14. The Hall–Kier alpha value is -0.0400. The highest BCUT2D eigenvalue weighted by Crippen LogP contribution is 2.35. The molecule has 9 heavy (non-hydrogen) atoms. The third-order valence-corrected chi connectivity index (χ3v) is 2.29. The molecular formula is C8H16O. The maximum Gasteiger partial charge on any atom is 0.0459 e. The molecular weight excluding hydrogens is 112 g/mol. The molecule has 0 aromatic rings. The molecule has 0 atom stereocenters. The molecule has 0 radical (unpaired) electrons. The highest BCUT2D eigenvalue weighted by Gasteiger charge is 2.26. The first kappa shape index (κ1) is 7.07. The zero-order chi connectivity index (χ0) is 6.69. The summed E-state index contributed by atoms with van der Waals surface area (Å²) in [6.07, 6.45) is 5.24. The van der Waals surface area contributed by atoms with E-state index in [-0.39, 0.29) is 0 Å². The van der Waals surface area contributed by atoms with Gasteiger partial charge in [-0.3, -0.25) is 0 Å². The van der Waals surface area contributed by atoms with Gasteiger partial charge in [-0.2, -0.15) is 0 Å². The molecule has 1 nitrogen and oxygen atoms in total. The zero-order valence-corrected chi connectivity index (χ0v) is 6.14. The van der Waals surface area contributed by atoms with E-state index in [1.54, 1.807) is 0 Å². The van der Waals surface area contributed by atoms with Gasteiger partial charge in [0.2, 0.25) is 0 Å². The van der Waals surface area contributed by atoms with Gasteiger partial charge in [0.05, 0.1) is 0 Å². The minimum absolute atomic E-state index is 0.417. The lowest BCUT2D eigenvalue weighted by Crippen LogP contribution is -2.25. The van der Waals surface area contributed by atoms with Gasteiger partial charge in [-0.15, -0.1) is 0 Å². The summed E-state index contributed by atoms with van der Waals surface area (Å²) in [6, 6.07) is 0. The van der Waals surface area contributed by atoms with Crippen LogP contribution in [0.3, 0.4) is 0 Å². The maximum absolute atomic E-state index is 8.67. The summed E-state index contributed by atoms with van der Waals surface area (Å²) in [5, 5.41) is 8.67. The highest BCUT2D eigenvalue weighted by molar-refractivity contribution is 4.77. The van der Waals surface area contributed by atoms with Gasteiger partial charge >= 0.3 is 0 Å². The largest absolute Gasteiger partial charge is 0.396 e. The molecule has 54 valence electrons.